The summed E-state index contributed by atoms with van der Waals surface area (Å²) in [5, 5.41) is 16.0. The summed E-state index contributed by atoms with van der Waals surface area (Å²) in [5.74, 6) is 0.619. The molecule has 0 radical (unpaired) electrons. The van der Waals surface area contributed by atoms with Crippen molar-refractivity contribution in [1.82, 2.24) is 25.1 Å². The molecule has 0 unspecified atom stereocenters. The van der Waals surface area contributed by atoms with Crippen LogP contribution in [0.4, 0.5) is 11.4 Å². The number of halogens is 1. The Balaban J connectivity index is 1.45. The number of thioether (sulfide) groups is 1. The number of para-hydroxylation sites is 3. The van der Waals surface area contributed by atoms with Gasteiger partial charge in [0.25, 0.3) is 0 Å². The van der Waals surface area contributed by atoms with Crippen molar-refractivity contribution in [2.75, 3.05) is 56.3 Å². The summed E-state index contributed by atoms with van der Waals surface area (Å²) in [5.41, 5.74) is 2.27. The number of carbonyl (C=O) groups is 1. The molecule has 0 saturated carbocycles. The van der Waals surface area contributed by atoms with Crippen molar-refractivity contribution in [2.24, 2.45) is 0 Å². The third-order valence-corrected chi connectivity index (χ3v) is 6.39. The zero-order valence-electron chi connectivity index (χ0n) is 17.9. The highest BCUT2D eigenvalue weighted by Gasteiger charge is 2.21. The van der Waals surface area contributed by atoms with Crippen LogP contribution < -0.4 is 15.0 Å². The van der Waals surface area contributed by atoms with E-state index in [0.29, 0.717) is 27.3 Å². The Morgan fingerprint density at radius 2 is 1.94 bits per heavy atom. The van der Waals surface area contributed by atoms with Crippen molar-refractivity contribution in [3.05, 3.63) is 47.5 Å². The SMILES string of the molecule is COc1ccccc1-n1nnnc1SCC(=O)Nc1cccc(Cl)c1N1CCN(C)CC1. The minimum atomic E-state index is -0.165. The Hall–Kier alpha value is -2.82. The van der Waals surface area contributed by atoms with Crippen LogP contribution in [0.5, 0.6) is 5.75 Å². The standard InChI is InChI=1S/C21H24ClN7O2S/c1-27-10-12-28(13-11-27)20-15(22)6-5-7-16(20)23-19(30)14-32-21-24-25-26-29(21)17-8-3-4-9-18(17)31-2/h3-9H,10-14H2,1-2H3,(H,23,30). The second kappa shape index (κ2) is 10.2. The van der Waals surface area contributed by atoms with Gasteiger partial charge in [-0.25, -0.2) is 0 Å². The second-order valence-electron chi connectivity index (χ2n) is 7.31. The normalized spacial score (nSPS) is 14.4. The van der Waals surface area contributed by atoms with Crippen LogP contribution in [0.25, 0.3) is 5.69 Å². The molecule has 0 bridgehead atoms. The lowest BCUT2D eigenvalue weighted by atomic mass is 10.2. The predicted octanol–water partition coefficient (Wildman–Crippen LogP) is 2.81. The number of likely N-dealkylation sites (N-methyl/N-ethyl adjacent to an activating group) is 1. The first-order chi connectivity index (χ1) is 15.6. The highest BCUT2D eigenvalue weighted by molar-refractivity contribution is 7.99. The highest BCUT2D eigenvalue weighted by atomic mass is 35.5. The van der Waals surface area contributed by atoms with E-state index in [-0.39, 0.29) is 11.7 Å². The molecule has 1 fully saturated rings. The monoisotopic (exact) mass is 473 g/mol. The van der Waals surface area contributed by atoms with Crippen LogP contribution in [0, 0.1) is 0 Å². The van der Waals surface area contributed by atoms with E-state index in [1.807, 2.05) is 42.5 Å². The van der Waals surface area contributed by atoms with E-state index in [4.69, 9.17) is 16.3 Å². The smallest absolute Gasteiger partial charge is 0.234 e. The van der Waals surface area contributed by atoms with Gasteiger partial charge in [0.15, 0.2) is 0 Å². The van der Waals surface area contributed by atoms with E-state index in [2.05, 4.69) is 37.7 Å². The maximum absolute atomic E-state index is 12.8. The van der Waals surface area contributed by atoms with Crippen LogP contribution in [-0.2, 0) is 4.79 Å². The molecule has 168 valence electrons. The quantitative estimate of drug-likeness (QED) is 0.524. The molecule has 2 aromatic carbocycles. The summed E-state index contributed by atoms with van der Waals surface area (Å²) in [4.78, 5) is 17.3. The first kappa shape index (κ1) is 22.4. The number of piperazine rings is 1. The van der Waals surface area contributed by atoms with E-state index in [1.165, 1.54) is 11.8 Å². The van der Waals surface area contributed by atoms with Gasteiger partial charge in [-0.2, -0.15) is 4.68 Å². The molecule has 9 nitrogen and oxygen atoms in total. The molecule has 1 aliphatic heterocycles. The van der Waals surface area contributed by atoms with Gasteiger partial charge in [0.05, 0.1) is 29.3 Å². The maximum atomic E-state index is 12.8. The van der Waals surface area contributed by atoms with Gasteiger partial charge in [-0.05, 0) is 41.7 Å². The molecule has 0 spiro atoms. The van der Waals surface area contributed by atoms with Crippen molar-refractivity contribution >= 4 is 40.6 Å². The fourth-order valence-electron chi connectivity index (χ4n) is 3.51. The summed E-state index contributed by atoms with van der Waals surface area (Å²) in [6.07, 6.45) is 0. The van der Waals surface area contributed by atoms with Crippen molar-refractivity contribution in [3.63, 3.8) is 0 Å². The average molecular weight is 474 g/mol. The number of nitrogens with zero attached hydrogens (tertiary/aromatic N) is 6. The van der Waals surface area contributed by atoms with Crippen LogP contribution in [-0.4, -0.2) is 77.1 Å². The molecule has 11 heteroatoms. The Morgan fingerprint density at radius 3 is 2.72 bits per heavy atom. The zero-order chi connectivity index (χ0) is 22.5. The number of benzene rings is 2. The van der Waals surface area contributed by atoms with E-state index < -0.39 is 0 Å². The third kappa shape index (κ3) is 4.98. The zero-order valence-corrected chi connectivity index (χ0v) is 19.4. The molecule has 32 heavy (non-hydrogen) atoms. The number of hydrogen-bond acceptors (Lipinski definition) is 8. The average Bonchev–Trinajstić information content (AvgIpc) is 3.27. The van der Waals surface area contributed by atoms with Gasteiger partial charge in [0.1, 0.15) is 11.4 Å². The van der Waals surface area contributed by atoms with Crippen LogP contribution in [0.3, 0.4) is 0 Å². The summed E-state index contributed by atoms with van der Waals surface area (Å²) in [7, 11) is 3.69. The van der Waals surface area contributed by atoms with Gasteiger partial charge in [-0.15, -0.1) is 5.10 Å². The largest absolute Gasteiger partial charge is 0.494 e. The molecular weight excluding hydrogens is 450 g/mol. The summed E-state index contributed by atoms with van der Waals surface area (Å²) >= 11 is 7.75. The Bertz CT molecular complexity index is 1090. The van der Waals surface area contributed by atoms with Crippen molar-refractivity contribution in [3.8, 4) is 11.4 Å². The van der Waals surface area contributed by atoms with Gasteiger partial charge in [-0.1, -0.05) is 41.6 Å². The molecular formula is C21H24ClN7O2S. The second-order valence-corrected chi connectivity index (χ2v) is 8.66. The topological polar surface area (TPSA) is 88.4 Å². The number of tetrazole rings is 1. The molecule has 1 aromatic heterocycles. The molecule has 1 aliphatic rings. The number of ether oxygens (including phenoxy) is 1. The molecule has 1 saturated heterocycles. The summed E-state index contributed by atoms with van der Waals surface area (Å²) in [6.45, 7) is 3.59. The maximum Gasteiger partial charge on any atom is 0.234 e. The van der Waals surface area contributed by atoms with Crippen LogP contribution in [0.15, 0.2) is 47.6 Å². The number of carbonyl (C=O) groups excluding carboxylic acids is 1. The van der Waals surface area contributed by atoms with Gasteiger partial charge in [-0.3, -0.25) is 4.79 Å². The van der Waals surface area contributed by atoms with Gasteiger partial charge in [0, 0.05) is 26.2 Å². The number of methoxy groups -OCH3 is 1. The lowest BCUT2D eigenvalue weighted by molar-refractivity contribution is -0.113. The number of rotatable bonds is 7. The Labute approximate surface area is 195 Å². The first-order valence-electron chi connectivity index (χ1n) is 10.1. The highest BCUT2D eigenvalue weighted by Crippen LogP contribution is 2.35. The predicted molar refractivity (Wildman–Crippen MR) is 126 cm³/mol. The molecule has 0 atom stereocenters. The van der Waals surface area contributed by atoms with E-state index in [1.54, 1.807) is 11.8 Å². The van der Waals surface area contributed by atoms with Crippen LogP contribution in [0.1, 0.15) is 0 Å². The molecule has 1 N–H and O–H groups in total. The van der Waals surface area contributed by atoms with Crippen LogP contribution in [0.2, 0.25) is 5.02 Å². The number of hydrogen-bond donors (Lipinski definition) is 1. The van der Waals surface area contributed by atoms with E-state index in [9.17, 15) is 4.79 Å². The molecule has 4 rings (SSSR count). The Kier molecular flexibility index (Phi) is 7.13. The number of anilines is 2. The molecule has 0 aliphatic carbocycles. The summed E-state index contributed by atoms with van der Waals surface area (Å²) in [6, 6.07) is 13.0. The van der Waals surface area contributed by atoms with Crippen LogP contribution >= 0.6 is 23.4 Å². The molecule has 3 aromatic rings. The minimum absolute atomic E-state index is 0.143. The van der Waals surface area contributed by atoms with Gasteiger partial charge < -0.3 is 19.9 Å². The van der Waals surface area contributed by atoms with Gasteiger partial charge >= 0.3 is 0 Å². The third-order valence-electron chi connectivity index (χ3n) is 5.17. The number of amides is 1. The van der Waals surface area contributed by atoms with E-state index >= 15 is 0 Å². The van der Waals surface area contributed by atoms with Gasteiger partial charge in [0.2, 0.25) is 11.1 Å². The fourth-order valence-corrected chi connectivity index (χ4v) is 4.49. The van der Waals surface area contributed by atoms with Crippen molar-refractivity contribution < 1.29 is 9.53 Å². The minimum Gasteiger partial charge on any atom is -0.494 e. The number of aromatic nitrogens is 4. The Morgan fingerprint density at radius 1 is 1.16 bits per heavy atom. The van der Waals surface area contributed by atoms with Crippen molar-refractivity contribution in [2.45, 2.75) is 5.16 Å². The lowest BCUT2D eigenvalue weighted by Crippen LogP contribution is -2.44. The van der Waals surface area contributed by atoms with Crippen molar-refractivity contribution in [1.29, 1.82) is 0 Å². The fraction of sp³-hybridized carbons (Fsp3) is 0.333. The molecule has 1 amide bonds. The first-order valence-corrected chi connectivity index (χ1v) is 11.5. The lowest BCUT2D eigenvalue weighted by Gasteiger charge is -2.35. The molecule has 2 heterocycles. The van der Waals surface area contributed by atoms with E-state index in [0.717, 1.165) is 31.9 Å². The number of nitrogens with one attached hydrogen (secondary N) is 1. The summed E-state index contributed by atoms with van der Waals surface area (Å²) < 4.78 is 6.95.